The third kappa shape index (κ3) is 2.32. The molecule has 20 heavy (non-hydrogen) atoms. The van der Waals surface area contributed by atoms with Crippen LogP contribution in [0.25, 0.3) is 11.1 Å². The summed E-state index contributed by atoms with van der Waals surface area (Å²) >= 11 is 2.99. The van der Waals surface area contributed by atoms with E-state index in [0.717, 1.165) is 6.07 Å². The Balaban J connectivity index is 1.99. The van der Waals surface area contributed by atoms with Crippen LogP contribution in [0.5, 0.6) is 0 Å². The summed E-state index contributed by atoms with van der Waals surface area (Å²) in [5, 5.41) is 2.66. The largest absolute Gasteiger partial charge is 0.423 e. The molecule has 0 aliphatic rings. The molecule has 7 heteroatoms. The van der Waals surface area contributed by atoms with E-state index in [1.807, 2.05) is 0 Å². The van der Waals surface area contributed by atoms with E-state index >= 15 is 0 Å². The number of nitrogens with two attached hydrogens (primary N) is 1. The van der Waals surface area contributed by atoms with Crippen molar-refractivity contribution in [1.82, 2.24) is 4.98 Å². The number of benzene rings is 2. The van der Waals surface area contributed by atoms with Crippen molar-refractivity contribution in [2.45, 2.75) is 0 Å². The number of anilines is 3. The highest BCUT2D eigenvalue weighted by molar-refractivity contribution is 9.10. The molecule has 1 aromatic heterocycles. The lowest BCUT2D eigenvalue weighted by Gasteiger charge is -2.04. The fourth-order valence-electron chi connectivity index (χ4n) is 1.73. The van der Waals surface area contributed by atoms with E-state index < -0.39 is 11.6 Å². The zero-order valence-corrected chi connectivity index (χ0v) is 11.5. The Bertz CT molecular complexity index is 804. The lowest BCUT2D eigenvalue weighted by Crippen LogP contribution is -1.95. The number of nitrogen functional groups attached to an aromatic ring is 1. The average molecular weight is 340 g/mol. The summed E-state index contributed by atoms with van der Waals surface area (Å²) in [5.74, 6) is -1.43. The van der Waals surface area contributed by atoms with Crippen molar-refractivity contribution >= 4 is 44.4 Å². The number of nitrogens with zero attached hydrogens (tertiary/aromatic N) is 1. The standard InChI is InChI=1S/C13H8BrF2N3O/c14-7-4-10(9(16)5-8(7)15)18-13-19-11-3-6(17)1-2-12(11)20-13/h1-5H,17H2,(H,18,19). The van der Waals surface area contributed by atoms with Gasteiger partial charge in [0.1, 0.15) is 17.2 Å². The first-order valence-electron chi connectivity index (χ1n) is 5.60. The number of oxazole rings is 1. The summed E-state index contributed by atoms with van der Waals surface area (Å²) in [6, 6.07) is 7.12. The van der Waals surface area contributed by atoms with Gasteiger partial charge in [-0.15, -0.1) is 0 Å². The van der Waals surface area contributed by atoms with Crippen molar-refractivity contribution in [2.75, 3.05) is 11.1 Å². The highest BCUT2D eigenvalue weighted by Gasteiger charge is 2.12. The third-order valence-electron chi connectivity index (χ3n) is 2.66. The lowest BCUT2D eigenvalue weighted by molar-refractivity contribution is 0.578. The quantitative estimate of drug-likeness (QED) is 0.542. The van der Waals surface area contributed by atoms with Gasteiger partial charge in [0.2, 0.25) is 0 Å². The van der Waals surface area contributed by atoms with Gasteiger partial charge >= 0.3 is 0 Å². The van der Waals surface area contributed by atoms with E-state index in [2.05, 4.69) is 26.2 Å². The molecule has 102 valence electrons. The van der Waals surface area contributed by atoms with E-state index in [0.29, 0.717) is 16.8 Å². The van der Waals surface area contributed by atoms with Gasteiger partial charge in [0.05, 0.1) is 10.2 Å². The SMILES string of the molecule is Nc1ccc2oc(Nc3cc(Br)c(F)cc3F)nc2c1. The van der Waals surface area contributed by atoms with Crippen LogP contribution in [0.15, 0.2) is 39.2 Å². The second-order valence-corrected chi connectivity index (χ2v) is 4.97. The van der Waals surface area contributed by atoms with Crippen LogP contribution in [-0.4, -0.2) is 4.98 Å². The van der Waals surface area contributed by atoms with Gasteiger partial charge in [-0.1, -0.05) is 0 Å². The minimum atomic E-state index is -0.743. The molecule has 0 unspecified atom stereocenters. The number of aromatic nitrogens is 1. The predicted molar refractivity (Wildman–Crippen MR) is 75.8 cm³/mol. The highest BCUT2D eigenvalue weighted by atomic mass is 79.9. The molecule has 0 radical (unpaired) electrons. The van der Waals surface area contributed by atoms with Crippen LogP contribution in [-0.2, 0) is 0 Å². The fraction of sp³-hybridized carbons (Fsp3) is 0. The molecule has 0 saturated carbocycles. The Hall–Kier alpha value is -2.15. The van der Waals surface area contributed by atoms with Crippen molar-refractivity contribution < 1.29 is 13.2 Å². The van der Waals surface area contributed by atoms with Crippen molar-refractivity contribution in [3.05, 3.63) is 46.4 Å². The maximum atomic E-state index is 13.6. The van der Waals surface area contributed by atoms with Crippen LogP contribution in [0.3, 0.4) is 0 Å². The smallest absolute Gasteiger partial charge is 0.300 e. The number of hydrogen-bond donors (Lipinski definition) is 2. The second-order valence-electron chi connectivity index (χ2n) is 4.12. The minimum Gasteiger partial charge on any atom is -0.423 e. The summed E-state index contributed by atoms with van der Waals surface area (Å²) in [6.07, 6.45) is 0. The Morgan fingerprint density at radius 1 is 1.15 bits per heavy atom. The molecule has 0 aliphatic heterocycles. The summed E-state index contributed by atoms with van der Waals surface area (Å²) in [4.78, 5) is 4.13. The average Bonchev–Trinajstić information content (AvgIpc) is 2.77. The Kier molecular flexibility index (Phi) is 3.06. The van der Waals surface area contributed by atoms with E-state index in [9.17, 15) is 8.78 Å². The summed E-state index contributed by atoms with van der Waals surface area (Å²) in [5.41, 5.74) is 7.31. The molecule has 0 aliphatic carbocycles. The Labute approximate surface area is 120 Å². The van der Waals surface area contributed by atoms with E-state index in [4.69, 9.17) is 10.2 Å². The predicted octanol–water partition coefficient (Wildman–Crippen LogP) is 4.19. The van der Waals surface area contributed by atoms with Crippen LogP contribution in [0, 0.1) is 11.6 Å². The maximum absolute atomic E-state index is 13.6. The van der Waals surface area contributed by atoms with E-state index in [1.54, 1.807) is 18.2 Å². The first-order valence-corrected chi connectivity index (χ1v) is 6.40. The van der Waals surface area contributed by atoms with Gasteiger partial charge in [-0.2, -0.15) is 4.98 Å². The van der Waals surface area contributed by atoms with Crippen molar-refractivity contribution in [2.24, 2.45) is 0 Å². The van der Waals surface area contributed by atoms with Gasteiger partial charge in [0, 0.05) is 11.8 Å². The monoisotopic (exact) mass is 339 g/mol. The maximum Gasteiger partial charge on any atom is 0.300 e. The van der Waals surface area contributed by atoms with Gasteiger partial charge in [0.25, 0.3) is 6.01 Å². The minimum absolute atomic E-state index is 0.0535. The van der Waals surface area contributed by atoms with Crippen molar-refractivity contribution in [3.8, 4) is 0 Å². The molecule has 0 atom stereocenters. The molecule has 4 nitrogen and oxygen atoms in total. The number of hydrogen-bond acceptors (Lipinski definition) is 4. The number of rotatable bonds is 2. The van der Waals surface area contributed by atoms with Gasteiger partial charge in [-0.3, -0.25) is 0 Å². The topological polar surface area (TPSA) is 64.1 Å². The number of fused-ring (bicyclic) bond motifs is 1. The molecule has 1 heterocycles. The Morgan fingerprint density at radius 3 is 2.75 bits per heavy atom. The van der Waals surface area contributed by atoms with Crippen molar-refractivity contribution in [3.63, 3.8) is 0 Å². The molecule has 3 aromatic rings. The van der Waals surface area contributed by atoms with E-state index in [-0.39, 0.29) is 16.2 Å². The van der Waals surface area contributed by atoms with Gasteiger partial charge in [0.15, 0.2) is 5.58 Å². The molecule has 0 saturated heterocycles. The summed E-state index contributed by atoms with van der Waals surface area (Å²) < 4.78 is 32.3. The van der Waals surface area contributed by atoms with Crippen LogP contribution < -0.4 is 11.1 Å². The summed E-state index contributed by atoms with van der Waals surface area (Å²) in [6.45, 7) is 0. The molecular weight excluding hydrogens is 332 g/mol. The summed E-state index contributed by atoms with van der Waals surface area (Å²) in [7, 11) is 0. The van der Waals surface area contributed by atoms with Gasteiger partial charge in [-0.25, -0.2) is 8.78 Å². The molecule has 0 bridgehead atoms. The zero-order valence-electron chi connectivity index (χ0n) is 9.95. The second kappa shape index (κ2) is 4.75. The fourth-order valence-corrected chi connectivity index (χ4v) is 2.07. The Morgan fingerprint density at radius 2 is 1.95 bits per heavy atom. The molecule has 0 amide bonds. The number of nitrogens with one attached hydrogen (secondary N) is 1. The number of halogens is 3. The molecule has 3 N–H and O–H groups in total. The third-order valence-corrected chi connectivity index (χ3v) is 3.27. The normalized spacial score (nSPS) is 10.9. The first-order chi connectivity index (χ1) is 9.52. The zero-order chi connectivity index (χ0) is 14.3. The van der Waals surface area contributed by atoms with Crippen molar-refractivity contribution in [1.29, 1.82) is 0 Å². The van der Waals surface area contributed by atoms with E-state index in [1.165, 1.54) is 6.07 Å². The van der Waals surface area contributed by atoms with Crippen LogP contribution in [0.2, 0.25) is 0 Å². The molecule has 2 aromatic carbocycles. The van der Waals surface area contributed by atoms with Crippen LogP contribution in [0.1, 0.15) is 0 Å². The molecular formula is C13H8BrF2N3O. The first kappa shape index (κ1) is 12.9. The molecule has 3 rings (SSSR count). The molecule has 0 spiro atoms. The lowest BCUT2D eigenvalue weighted by atomic mass is 10.3. The van der Waals surface area contributed by atoms with Crippen LogP contribution in [0.4, 0.5) is 26.2 Å². The molecule has 0 fully saturated rings. The van der Waals surface area contributed by atoms with Gasteiger partial charge in [-0.05, 0) is 40.2 Å². The highest BCUT2D eigenvalue weighted by Crippen LogP contribution is 2.28. The van der Waals surface area contributed by atoms with Crippen LogP contribution >= 0.6 is 15.9 Å². The van der Waals surface area contributed by atoms with Gasteiger partial charge < -0.3 is 15.5 Å².